The molecule has 0 unspecified atom stereocenters. The fraction of sp³-hybridized carbons (Fsp3) is 0.200. The molecule has 0 spiro atoms. The van der Waals surface area contributed by atoms with Gasteiger partial charge in [0.1, 0.15) is 0 Å². The first-order valence-electron chi connectivity index (χ1n) is 8.01. The third-order valence-electron chi connectivity index (χ3n) is 3.97. The Labute approximate surface area is 155 Å². The van der Waals surface area contributed by atoms with E-state index in [1.165, 1.54) is 0 Å². The summed E-state index contributed by atoms with van der Waals surface area (Å²) in [5.74, 6) is 5.42. The van der Waals surface area contributed by atoms with E-state index in [0.29, 0.717) is 6.54 Å². The SMILES string of the molecule is O=C(NCC#Cc1ccccc1)[C@@H]1CC(=O)N(c2cccc(Br)c2)C1. The van der Waals surface area contributed by atoms with Crippen LogP contribution in [0.15, 0.2) is 59.1 Å². The summed E-state index contributed by atoms with van der Waals surface area (Å²) in [7, 11) is 0. The second-order valence-corrected chi connectivity index (χ2v) is 6.69. The van der Waals surface area contributed by atoms with Gasteiger partial charge < -0.3 is 10.2 Å². The smallest absolute Gasteiger partial charge is 0.227 e. The highest BCUT2D eigenvalue weighted by molar-refractivity contribution is 9.10. The first-order chi connectivity index (χ1) is 12.1. The third-order valence-corrected chi connectivity index (χ3v) is 4.47. The van der Waals surface area contributed by atoms with E-state index in [1.54, 1.807) is 4.90 Å². The van der Waals surface area contributed by atoms with E-state index in [9.17, 15) is 9.59 Å². The van der Waals surface area contributed by atoms with E-state index in [4.69, 9.17) is 0 Å². The lowest BCUT2D eigenvalue weighted by molar-refractivity contribution is -0.126. The molecule has 5 heteroatoms. The normalized spacial score (nSPS) is 16.3. The van der Waals surface area contributed by atoms with Crippen LogP contribution >= 0.6 is 15.9 Å². The van der Waals surface area contributed by atoms with Crippen LogP contribution in [-0.2, 0) is 9.59 Å². The second-order valence-electron chi connectivity index (χ2n) is 5.77. The van der Waals surface area contributed by atoms with Gasteiger partial charge in [-0.05, 0) is 30.3 Å². The average Bonchev–Trinajstić information content (AvgIpc) is 3.01. The van der Waals surface area contributed by atoms with Crippen molar-refractivity contribution in [3.8, 4) is 11.8 Å². The number of halogens is 1. The van der Waals surface area contributed by atoms with Crippen LogP contribution < -0.4 is 10.2 Å². The zero-order valence-electron chi connectivity index (χ0n) is 13.5. The number of nitrogens with zero attached hydrogens (tertiary/aromatic N) is 1. The van der Waals surface area contributed by atoms with Crippen molar-refractivity contribution in [1.82, 2.24) is 5.32 Å². The van der Waals surface area contributed by atoms with Gasteiger partial charge in [-0.25, -0.2) is 0 Å². The van der Waals surface area contributed by atoms with Gasteiger partial charge in [-0.15, -0.1) is 0 Å². The largest absolute Gasteiger partial charge is 0.345 e. The summed E-state index contributed by atoms with van der Waals surface area (Å²) in [4.78, 5) is 26.2. The number of amides is 2. The van der Waals surface area contributed by atoms with Crippen molar-refractivity contribution in [1.29, 1.82) is 0 Å². The van der Waals surface area contributed by atoms with Gasteiger partial charge in [-0.3, -0.25) is 9.59 Å². The van der Waals surface area contributed by atoms with Crippen LogP contribution in [0.3, 0.4) is 0 Å². The maximum absolute atomic E-state index is 12.3. The molecule has 0 aliphatic carbocycles. The fourth-order valence-corrected chi connectivity index (χ4v) is 3.11. The van der Waals surface area contributed by atoms with Gasteiger partial charge in [0.25, 0.3) is 0 Å². The van der Waals surface area contributed by atoms with E-state index in [2.05, 4.69) is 33.1 Å². The molecule has 0 radical (unpaired) electrons. The van der Waals surface area contributed by atoms with Gasteiger partial charge in [0.05, 0.1) is 12.5 Å². The molecule has 0 aromatic heterocycles. The Kier molecular flexibility index (Phi) is 5.52. The van der Waals surface area contributed by atoms with Gasteiger partial charge in [-0.2, -0.15) is 0 Å². The molecule has 4 nitrogen and oxygen atoms in total. The molecule has 3 rings (SSSR count). The van der Waals surface area contributed by atoms with Crippen molar-refractivity contribution in [3.05, 3.63) is 64.6 Å². The molecule has 1 fully saturated rings. The third kappa shape index (κ3) is 4.49. The summed E-state index contributed by atoms with van der Waals surface area (Å²) in [5, 5.41) is 2.80. The monoisotopic (exact) mass is 396 g/mol. The van der Waals surface area contributed by atoms with Crippen molar-refractivity contribution >= 4 is 33.4 Å². The summed E-state index contributed by atoms with van der Waals surface area (Å²) in [6, 6.07) is 17.1. The highest BCUT2D eigenvalue weighted by Crippen LogP contribution is 2.27. The molecule has 126 valence electrons. The Morgan fingerprint density at radius 1 is 1.20 bits per heavy atom. The first-order valence-corrected chi connectivity index (χ1v) is 8.80. The fourth-order valence-electron chi connectivity index (χ4n) is 2.72. The lowest BCUT2D eigenvalue weighted by atomic mass is 10.1. The minimum absolute atomic E-state index is 0.0337. The molecule has 1 heterocycles. The Morgan fingerprint density at radius 3 is 2.76 bits per heavy atom. The molecule has 1 aliphatic heterocycles. The van der Waals surface area contributed by atoms with Crippen LogP contribution in [0.4, 0.5) is 5.69 Å². The highest BCUT2D eigenvalue weighted by Gasteiger charge is 2.34. The van der Waals surface area contributed by atoms with Crippen molar-refractivity contribution < 1.29 is 9.59 Å². The lowest BCUT2D eigenvalue weighted by Crippen LogP contribution is -2.33. The Morgan fingerprint density at radius 2 is 2.00 bits per heavy atom. The maximum Gasteiger partial charge on any atom is 0.227 e. The summed E-state index contributed by atoms with van der Waals surface area (Å²) in [5.41, 5.74) is 1.71. The van der Waals surface area contributed by atoms with Crippen LogP contribution in [0, 0.1) is 17.8 Å². The summed E-state index contributed by atoms with van der Waals surface area (Å²) >= 11 is 3.40. The molecule has 1 atom stereocenters. The predicted molar refractivity (Wildman–Crippen MR) is 101 cm³/mol. The number of anilines is 1. The first kappa shape index (κ1) is 17.2. The Hall–Kier alpha value is -2.58. The number of benzene rings is 2. The second kappa shape index (κ2) is 8.00. The summed E-state index contributed by atoms with van der Waals surface area (Å²) in [6.07, 6.45) is 0.227. The molecule has 1 N–H and O–H groups in total. The zero-order chi connectivity index (χ0) is 17.6. The van der Waals surface area contributed by atoms with Crippen LogP contribution in [0.25, 0.3) is 0 Å². The lowest BCUT2D eigenvalue weighted by Gasteiger charge is -2.16. The summed E-state index contributed by atoms with van der Waals surface area (Å²) in [6.45, 7) is 0.669. The average molecular weight is 397 g/mol. The van der Waals surface area contributed by atoms with Gasteiger partial charge in [0.15, 0.2) is 0 Å². The number of hydrogen-bond acceptors (Lipinski definition) is 2. The van der Waals surface area contributed by atoms with E-state index < -0.39 is 0 Å². The molecule has 1 saturated heterocycles. The number of rotatable bonds is 3. The Balaban J connectivity index is 1.55. The van der Waals surface area contributed by atoms with Crippen molar-refractivity contribution in [2.45, 2.75) is 6.42 Å². The van der Waals surface area contributed by atoms with Crippen molar-refractivity contribution in [2.24, 2.45) is 5.92 Å². The van der Waals surface area contributed by atoms with Crippen LogP contribution in [-0.4, -0.2) is 24.9 Å². The number of carbonyl (C=O) groups is 2. The molecule has 2 aromatic rings. The van der Waals surface area contributed by atoms with Gasteiger partial charge in [0.2, 0.25) is 11.8 Å². The minimum Gasteiger partial charge on any atom is -0.345 e. The van der Waals surface area contributed by atoms with Gasteiger partial charge in [-0.1, -0.05) is 52.0 Å². The Bertz CT molecular complexity index is 840. The topological polar surface area (TPSA) is 49.4 Å². The van der Waals surface area contributed by atoms with Crippen molar-refractivity contribution in [3.63, 3.8) is 0 Å². The standard InChI is InChI=1S/C20H17BrN2O2/c21-17-9-4-10-18(13-17)23-14-16(12-19(23)24)20(25)22-11-5-8-15-6-2-1-3-7-15/h1-4,6-7,9-10,13,16H,11-12,14H2,(H,22,25)/t16-/m1/s1. The quantitative estimate of drug-likeness (QED) is 0.810. The molecular formula is C20H17BrN2O2. The maximum atomic E-state index is 12.3. The van der Waals surface area contributed by atoms with E-state index in [0.717, 1.165) is 15.7 Å². The van der Waals surface area contributed by atoms with E-state index >= 15 is 0 Å². The van der Waals surface area contributed by atoms with Crippen LogP contribution in [0.2, 0.25) is 0 Å². The molecule has 2 amide bonds. The van der Waals surface area contributed by atoms with Crippen LogP contribution in [0.1, 0.15) is 12.0 Å². The highest BCUT2D eigenvalue weighted by atomic mass is 79.9. The number of hydrogen-bond donors (Lipinski definition) is 1. The number of carbonyl (C=O) groups excluding carboxylic acids is 2. The molecular weight excluding hydrogens is 380 g/mol. The minimum atomic E-state index is -0.343. The summed E-state index contributed by atoms with van der Waals surface area (Å²) < 4.78 is 0.905. The zero-order valence-corrected chi connectivity index (χ0v) is 15.1. The van der Waals surface area contributed by atoms with Crippen LogP contribution in [0.5, 0.6) is 0 Å². The molecule has 1 aliphatic rings. The van der Waals surface area contributed by atoms with Gasteiger partial charge in [0, 0.05) is 28.7 Å². The van der Waals surface area contributed by atoms with E-state index in [-0.39, 0.29) is 30.7 Å². The number of nitrogens with one attached hydrogen (secondary N) is 1. The molecule has 0 saturated carbocycles. The molecule has 0 bridgehead atoms. The predicted octanol–water partition coefficient (Wildman–Crippen LogP) is 2.97. The van der Waals surface area contributed by atoms with Gasteiger partial charge >= 0.3 is 0 Å². The molecule has 25 heavy (non-hydrogen) atoms. The van der Waals surface area contributed by atoms with E-state index in [1.807, 2.05) is 54.6 Å². The molecule has 2 aromatic carbocycles. The van der Waals surface area contributed by atoms with Crippen molar-refractivity contribution in [2.75, 3.05) is 18.0 Å².